The molecule has 20 heavy (non-hydrogen) atoms. The maximum absolute atomic E-state index is 4.66. The molecule has 4 nitrogen and oxygen atoms in total. The quantitative estimate of drug-likeness (QED) is 0.840. The number of para-hydroxylation sites is 1. The van der Waals surface area contributed by atoms with E-state index in [1.165, 1.54) is 19.3 Å². The van der Waals surface area contributed by atoms with Gasteiger partial charge in [-0.3, -0.25) is 0 Å². The Labute approximate surface area is 120 Å². The first kappa shape index (κ1) is 13.3. The van der Waals surface area contributed by atoms with Gasteiger partial charge in [0.05, 0.1) is 17.9 Å². The monoisotopic (exact) mass is 270 g/mol. The van der Waals surface area contributed by atoms with E-state index in [0.717, 1.165) is 30.3 Å². The van der Waals surface area contributed by atoms with E-state index in [0.29, 0.717) is 6.04 Å². The fourth-order valence-electron chi connectivity index (χ4n) is 2.43. The molecule has 4 heteroatoms. The van der Waals surface area contributed by atoms with Crippen molar-refractivity contribution in [2.45, 2.75) is 38.6 Å². The normalized spacial score (nSPS) is 16.2. The molecule has 1 aromatic heterocycles. The molecule has 1 aliphatic carbocycles. The minimum absolute atomic E-state index is 0.347. The average Bonchev–Trinajstić information content (AvgIpc) is 3.18. The van der Waals surface area contributed by atoms with Crippen molar-refractivity contribution in [2.75, 3.05) is 6.54 Å². The van der Waals surface area contributed by atoms with Crippen molar-refractivity contribution < 1.29 is 0 Å². The average molecular weight is 270 g/mol. The Bertz CT molecular complexity index is 530. The van der Waals surface area contributed by atoms with Crippen LogP contribution in [0.5, 0.6) is 0 Å². The summed E-state index contributed by atoms with van der Waals surface area (Å²) in [5, 5.41) is 12.7. The smallest absolute Gasteiger partial charge is 0.100 e. The van der Waals surface area contributed by atoms with Crippen molar-refractivity contribution in [1.29, 1.82) is 0 Å². The molecule has 1 unspecified atom stereocenters. The Morgan fingerprint density at radius 2 is 2.10 bits per heavy atom. The number of nitrogens with one attached hydrogen (secondary N) is 1. The molecule has 2 aromatic rings. The van der Waals surface area contributed by atoms with Gasteiger partial charge in [0, 0.05) is 0 Å². The molecule has 3 rings (SSSR count). The van der Waals surface area contributed by atoms with Gasteiger partial charge in [-0.15, -0.1) is 0 Å². The summed E-state index contributed by atoms with van der Waals surface area (Å²) in [5.74, 6) is 0.881. The van der Waals surface area contributed by atoms with Crippen LogP contribution in [-0.2, 0) is 0 Å². The van der Waals surface area contributed by atoms with Crippen molar-refractivity contribution in [2.24, 2.45) is 5.92 Å². The Kier molecular flexibility index (Phi) is 4.11. The number of hydrogen-bond donors (Lipinski definition) is 1. The van der Waals surface area contributed by atoms with Gasteiger partial charge in [-0.25, -0.2) is 0 Å². The SMILES string of the molecule is CCCNC(CC1CC1)c1cnn(-c2ccccc2)n1. The molecule has 0 amide bonds. The highest BCUT2D eigenvalue weighted by Gasteiger charge is 2.27. The van der Waals surface area contributed by atoms with Gasteiger partial charge in [0.15, 0.2) is 0 Å². The number of benzene rings is 1. The van der Waals surface area contributed by atoms with Crippen LogP contribution in [0.2, 0.25) is 0 Å². The molecule has 106 valence electrons. The van der Waals surface area contributed by atoms with Crippen molar-refractivity contribution in [3.63, 3.8) is 0 Å². The van der Waals surface area contributed by atoms with E-state index < -0.39 is 0 Å². The van der Waals surface area contributed by atoms with E-state index in [1.54, 1.807) is 4.80 Å². The maximum atomic E-state index is 4.66. The Hall–Kier alpha value is -1.68. The van der Waals surface area contributed by atoms with Crippen LogP contribution in [0.3, 0.4) is 0 Å². The third-order valence-electron chi connectivity index (χ3n) is 3.76. The lowest BCUT2D eigenvalue weighted by Crippen LogP contribution is -2.23. The van der Waals surface area contributed by atoms with Crippen LogP contribution in [-0.4, -0.2) is 21.5 Å². The topological polar surface area (TPSA) is 42.7 Å². The van der Waals surface area contributed by atoms with E-state index in [1.807, 2.05) is 36.5 Å². The number of hydrogen-bond acceptors (Lipinski definition) is 3. The first-order valence-electron chi connectivity index (χ1n) is 7.58. The largest absolute Gasteiger partial charge is 0.309 e. The van der Waals surface area contributed by atoms with Crippen molar-refractivity contribution >= 4 is 0 Å². The Balaban J connectivity index is 1.75. The summed E-state index contributed by atoms with van der Waals surface area (Å²) in [4.78, 5) is 1.73. The van der Waals surface area contributed by atoms with Gasteiger partial charge >= 0.3 is 0 Å². The van der Waals surface area contributed by atoms with Crippen LogP contribution < -0.4 is 5.32 Å². The minimum atomic E-state index is 0.347. The summed E-state index contributed by atoms with van der Waals surface area (Å²) < 4.78 is 0. The van der Waals surface area contributed by atoms with Gasteiger partial charge in [-0.05, 0) is 37.4 Å². The minimum Gasteiger partial charge on any atom is -0.309 e. The van der Waals surface area contributed by atoms with Crippen LogP contribution in [0.25, 0.3) is 5.69 Å². The lowest BCUT2D eigenvalue weighted by molar-refractivity contribution is 0.461. The van der Waals surface area contributed by atoms with E-state index in [9.17, 15) is 0 Å². The second-order valence-corrected chi connectivity index (χ2v) is 5.58. The highest BCUT2D eigenvalue weighted by atomic mass is 15.5. The summed E-state index contributed by atoms with van der Waals surface area (Å²) in [6.45, 7) is 3.23. The summed E-state index contributed by atoms with van der Waals surface area (Å²) in [6.07, 6.45) is 6.98. The third kappa shape index (κ3) is 3.25. The molecule has 1 atom stereocenters. The molecular formula is C16H22N4. The van der Waals surface area contributed by atoms with Crippen LogP contribution in [0.4, 0.5) is 0 Å². The number of aromatic nitrogens is 3. The molecule has 1 N–H and O–H groups in total. The summed E-state index contributed by atoms with van der Waals surface area (Å²) in [7, 11) is 0. The molecule has 0 saturated heterocycles. The van der Waals surface area contributed by atoms with Gasteiger partial charge in [-0.2, -0.15) is 15.0 Å². The predicted molar refractivity (Wildman–Crippen MR) is 79.7 cm³/mol. The molecule has 1 aromatic carbocycles. The molecular weight excluding hydrogens is 248 g/mol. The zero-order valence-corrected chi connectivity index (χ0v) is 12.0. The third-order valence-corrected chi connectivity index (χ3v) is 3.76. The van der Waals surface area contributed by atoms with Gasteiger partial charge in [0.2, 0.25) is 0 Å². The van der Waals surface area contributed by atoms with Crippen LogP contribution in [0, 0.1) is 5.92 Å². The second-order valence-electron chi connectivity index (χ2n) is 5.58. The lowest BCUT2D eigenvalue weighted by Gasteiger charge is -2.15. The van der Waals surface area contributed by atoms with Gasteiger partial charge in [-0.1, -0.05) is 38.0 Å². The van der Waals surface area contributed by atoms with Crippen molar-refractivity contribution in [3.8, 4) is 5.69 Å². The standard InChI is InChI=1S/C16H22N4/c1-2-10-17-15(11-13-8-9-13)16-12-18-20(19-16)14-6-4-3-5-7-14/h3-7,12-13,15,17H,2,8-11H2,1H3. The molecule has 1 saturated carbocycles. The summed E-state index contributed by atoms with van der Waals surface area (Å²) in [6, 6.07) is 10.4. The summed E-state index contributed by atoms with van der Waals surface area (Å²) >= 11 is 0. The van der Waals surface area contributed by atoms with Gasteiger partial charge in [0.1, 0.15) is 5.69 Å². The van der Waals surface area contributed by atoms with E-state index in [-0.39, 0.29) is 0 Å². The Morgan fingerprint density at radius 1 is 1.30 bits per heavy atom. The first-order chi connectivity index (χ1) is 9.86. The first-order valence-corrected chi connectivity index (χ1v) is 7.58. The van der Waals surface area contributed by atoms with Crippen molar-refractivity contribution in [1.82, 2.24) is 20.3 Å². The molecule has 1 heterocycles. The highest BCUT2D eigenvalue weighted by Crippen LogP contribution is 2.37. The van der Waals surface area contributed by atoms with Crippen molar-refractivity contribution in [3.05, 3.63) is 42.2 Å². The molecule has 0 aliphatic heterocycles. The molecule has 0 spiro atoms. The molecule has 1 aliphatic rings. The number of rotatable bonds is 7. The zero-order chi connectivity index (χ0) is 13.8. The highest BCUT2D eigenvalue weighted by molar-refractivity contribution is 5.28. The van der Waals surface area contributed by atoms with E-state index in [4.69, 9.17) is 0 Å². The lowest BCUT2D eigenvalue weighted by atomic mass is 10.1. The summed E-state index contributed by atoms with van der Waals surface area (Å²) in [5.41, 5.74) is 2.08. The molecule has 0 radical (unpaired) electrons. The predicted octanol–water partition coefficient (Wildman–Crippen LogP) is 3.11. The van der Waals surface area contributed by atoms with Gasteiger partial charge < -0.3 is 5.32 Å². The molecule has 1 fully saturated rings. The van der Waals surface area contributed by atoms with Crippen LogP contribution in [0.1, 0.15) is 44.3 Å². The number of nitrogens with zero attached hydrogens (tertiary/aromatic N) is 3. The zero-order valence-electron chi connectivity index (χ0n) is 12.0. The van der Waals surface area contributed by atoms with Crippen LogP contribution >= 0.6 is 0 Å². The van der Waals surface area contributed by atoms with Gasteiger partial charge in [0.25, 0.3) is 0 Å². The second kappa shape index (κ2) is 6.18. The van der Waals surface area contributed by atoms with Crippen LogP contribution in [0.15, 0.2) is 36.5 Å². The maximum Gasteiger partial charge on any atom is 0.100 e. The van der Waals surface area contributed by atoms with E-state index >= 15 is 0 Å². The fraction of sp³-hybridized carbons (Fsp3) is 0.500. The van der Waals surface area contributed by atoms with E-state index in [2.05, 4.69) is 22.4 Å². The molecule has 0 bridgehead atoms. The fourth-order valence-corrected chi connectivity index (χ4v) is 2.43. The Morgan fingerprint density at radius 3 is 2.80 bits per heavy atom.